The predicted molar refractivity (Wildman–Crippen MR) is 134 cm³/mol. The molecule has 3 aromatic carbocycles. The number of nitrogens with zero attached hydrogens (tertiary/aromatic N) is 2. The van der Waals surface area contributed by atoms with E-state index in [-0.39, 0.29) is 11.4 Å². The molecule has 1 unspecified atom stereocenters. The molecule has 0 saturated heterocycles. The summed E-state index contributed by atoms with van der Waals surface area (Å²) in [6.45, 7) is 1.02. The molecule has 0 fully saturated rings. The van der Waals surface area contributed by atoms with Gasteiger partial charge >= 0.3 is 0 Å². The van der Waals surface area contributed by atoms with Gasteiger partial charge in [0, 0.05) is 36.2 Å². The van der Waals surface area contributed by atoms with Crippen LogP contribution in [0.4, 0.5) is 0 Å². The van der Waals surface area contributed by atoms with Crippen LogP contribution >= 0.6 is 23.2 Å². The smallest absolute Gasteiger partial charge is 0.243 e. The van der Waals surface area contributed by atoms with Gasteiger partial charge < -0.3 is 10.2 Å². The zero-order chi connectivity index (χ0) is 25.0. The second-order valence-electron chi connectivity index (χ2n) is 7.78. The van der Waals surface area contributed by atoms with Crippen LogP contribution in [-0.4, -0.2) is 56.1 Å². The summed E-state index contributed by atoms with van der Waals surface area (Å²) in [6.07, 6.45) is 0. The Morgan fingerprint density at radius 2 is 1.59 bits per heavy atom. The Morgan fingerprint density at radius 3 is 2.21 bits per heavy atom. The molecule has 3 rings (SSSR count). The van der Waals surface area contributed by atoms with Crippen molar-refractivity contribution < 1.29 is 18.0 Å². The van der Waals surface area contributed by atoms with Gasteiger partial charge in [-0.3, -0.25) is 9.59 Å². The predicted octanol–water partition coefficient (Wildman–Crippen LogP) is 3.93. The summed E-state index contributed by atoms with van der Waals surface area (Å²) < 4.78 is 27.4. The van der Waals surface area contributed by atoms with Gasteiger partial charge in [0.05, 0.1) is 11.4 Å². The van der Waals surface area contributed by atoms with E-state index in [1.807, 2.05) is 24.3 Å². The number of carbonyl (C=O) groups excluding carboxylic acids is 2. The molecule has 1 atom stereocenters. The van der Waals surface area contributed by atoms with Crippen molar-refractivity contribution in [1.29, 1.82) is 0 Å². The Bertz CT molecular complexity index is 1310. The van der Waals surface area contributed by atoms with Crippen molar-refractivity contribution >= 4 is 55.8 Å². The molecule has 0 spiro atoms. The number of amides is 2. The molecule has 7 nitrogen and oxygen atoms in total. The second-order valence-corrected chi connectivity index (χ2v) is 10.6. The van der Waals surface area contributed by atoms with Gasteiger partial charge in [-0.2, -0.15) is 4.31 Å². The summed E-state index contributed by atoms with van der Waals surface area (Å²) in [5.41, 5.74) is 0.468. The van der Waals surface area contributed by atoms with Crippen molar-refractivity contribution in [3.8, 4) is 0 Å². The molecule has 1 N–H and O–H groups in total. The number of sulfonamides is 1. The quantitative estimate of drug-likeness (QED) is 0.486. The highest BCUT2D eigenvalue weighted by Gasteiger charge is 2.30. The lowest BCUT2D eigenvalue weighted by molar-refractivity contribution is -0.140. The standard InChI is InChI=1S/C24H25Cl2N3O4S/c1-16(24(31)27-2)29(14-20-21(25)9-6-10-22(20)26)23(30)15-28(3)34(32,33)19-12-11-17-7-4-5-8-18(17)13-19/h4-13,16H,14-15H2,1-3H3,(H,27,31). The van der Waals surface area contributed by atoms with Gasteiger partial charge in [0.15, 0.2) is 0 Å². The first-order chi connectivity index (χ1) is 16.1. The fourth-order valence-electron chi connectivity index (χ4n) is 3.52. The lowest BCUT2D eigenvalue weighted by Gasteiger charge is -2.30. The summed E-state index contributed by atoms with van der Waals surface area (Å²) in [7, 11) is -1.18. The summed E-state index contributed by atoms with van der Waals surface area (Å²) in [6, 6.07) is 16.2. The van der Waals surface area contributed by atoms with E-state index in [2.05, 4.69) is 5.32 Å². The first-order valence-electron chi connectivity index (χ1n) is 10.5. The molecule has 0 radical (unpaired) electrons. The molecular formula is C24H25Cl2N3O4S. The molecule has 3 aromatic rings. The van der Waals surface area contributed by atoms with E-state index in [0.717, 1.165) is 15.1 Å². The first kappa shape index (κ1) is 26.0. The third-order valence-corrected chi connectivity index (χ3v) is 8.10. The molecule has 0 aromatic heterocycles. The average molecular weight is 522 g/mol. The Hall–Kier alpha value is -2.65. The highest BCUT2D eigenvalue weighted by atomic mass is 35.5. The summed E-state index contributed by atoms with van der Waals surface area (Å²) in [4.78, 5) is 27.0. The topological polar surface area (TPSA) is 86.8 Å². The number of hydrogen-bond donors (Lipinski definition) is 1. The van der Waals surface area contributed by atoms with Crippen LogP contribution in [0, 0.1) is 0 Å². The maximum absolute atomic E-state index is 13.3. The minimum absolute atomic E-state index is 0.0597. The van der Waals surface area contributed by atoms with Crippen LogP contribution in [0.25, 0.3) is 10.8 Å². The Morgan fingerprint density at radius 1 is 0.971 bits per heavy atom. The molecule has 0 aliphatic rings. The molecule has 10 heteroatoms. The number of halogens is 2. The highest BCUT2D eigenvalue weighted by Crippen LogP contribution is 2.27. The summed E-state index contributed by atoms with van der Waals surface area (Å²) in [5, 5.41) is 4.86. The zero-order valence-corrected chi connectivity index (χ0v) is 21.3. The van der Waals surface area contributed by atoms with E-state index in [9.17, 15) is 18.0 Å². The van der Waals surface area contributed by atoms with Gasteiger partial charge in [-0.1, -0.05) is 59.6 Å². The number of nitrogens with one attached hydrogen (secondary N) is 1. The number of benzene rings is 3. The minimum Gasteiger partial charge on any atom is -0.357 e. The Kier molecular flexibility index (Phi) is 8.20. The number of likely N-dealkylation sites (N-methyl/N-ethyl adjacent to an activating group) is 2. The average Bonchev–Trinajstić information content (AvgIpc) is 2.82. The van der Waals surface area contributed by atoms with Crippen LogP contribution in [0.15, 0.2) is 65.6 Å². The Balaban J connectivity index is 1.88. The van der Waals surface area contributed by atoms with Gasteiger partial charge in [-0.15, -0.1) is 0 Å². The van der Waals surface area contributed by atoms with E-state index >= 15 is 0 Å². The summed E-state index contributed by atoms with van der Waals surface area (Å²) in [5.74, 6) is -0.976. The highest BCUT2D eigenvalue weighted by molar-refractivity contribution is 7.89. The van der Waals surface area contributed by atoms with Crippen LogP contribution in [0.2, 0.25) is 10.0 Å². The molecule has 0 bridgehead atoms. The third kappa shape index (κ3) is 5.52. The van der Waals surface area contributed by atoms with Gasteiger partial charge in [0.2, 0.25) is 21.8 Å². The fraction of sp³-hybridized carbons (Fsp3) is 0.250. The minimum atomic E-state index is -3.97. The molecule has 180 valence electrons. The van der Waals surface area contributed by atoms with Gasteiger partial charge in [-0.05, 0) is 42.0 Å². The number of carbonyl (C=O) groups is 2. The molecule has 34 heavy (non-hydrogen) atoms. The van der Waals surface area contributed by atoms with Crippen molar-refractivity contribution in [3.05, 3.63) is 76.3 Å². The van der Waals surface area contributed by atoms with E-state index in [0.29, 0.717) is 15.6 Å². The number of hydrogen-bond acceptors (Lipinski definition) is 4. The van der Waals surface area contributed by atoms with Crippen LogP contribution in [0.1, 0.15) is 12.5 Å². The first-order valence-corrected chi connectivity index (χ1v) is 12.6. The number of rotatable bonds is 8. The van der Waals surface area contributed by atoms with Crippen molar-refractivity contribution in [2.75, 3.05) is 20.6 Å². The zero-order valence-electron chi connectivity index (χ0n) is 19.0. The molecule has 2 amide bonds. The van der Waals surface area contributed by atoms with E-state index in [1.165, 1.54) is 25.1 Å². The van der Waals surface area contributed by atoms with E-state index in [4.69, 9.17) is 23.2 Å². The largest absolute Gasteiger partial charge is 0.357 e. The number of fused-ring (bicyclic) bond motifs is 1. The van der Waals surface area contributed by atoms with Crippen molar-refractivity contribution in [1.82, 2.24) is 14.5 Å². The maximum atomic E-state index is 13.3. The lowest BCUT2D eigenvalue weighted by atomic mass is 10.1. The SMILES string of the molecule is CNC(=O)C(C)N(Cc1c(Cl)cccc1Cl)C(=O)CN(C)S(=O)(=O)c1ccc2ccccc2c1. The van der Waals surface area contributed by atoms with E-state index < -0.39 is 34.4 Å². The van der Waals surface area contributed by atoms with Crippen molar-refractivity contribution in [2.45, 2.75) is 24.4 Å². The van der Waals surface area contributed by atoms with Crippen molar-refractivity contribution in [2.24, 2.45) is 0 Å². The second kappa shape index (κ2) is 10.7. The molecular weight excluding hydrogens is 497 g/mol. The molecule has 0 aliphatic carbocycles. The fourth-order valence-corrected chi connectivity index (χ4v) is 5.19. The normalized spacial score (nSPS) is 12.5. The van der Waals surface area contributed by atoms with Crippen LogP contribution in [-0.2, 0) is 26.2 Å². The lowest BCUT2D eigenvalue weighted by Crippen LogP contribution is -2.50. The molecule has 0 saturated carbocycles. The monoisotopic (exact) mass is 521 g/mol. The Labute approximate surface area is 209 Å². The van der Waals surface area contributed by atoms with Crippen LogP contribution in [0.5, 0.6) is 0 Å². The molecule has 0 aliphatic heterocycles. The van der Waals surface area contributed by atoms with Crippen LogP contribution < -0.4 is 5.32 Å². The van der Waals surface area contributed by atoms with Gasteiger partial charge in [0.25, 0.3) is 0 Å². The summed E-state index contributed by atoms with van der Waals surface area (Å²) >= 11 is 12.5. The molecule has 0 heterocycles. The van der Waals surface area contributed by atoms with Gasteiger partial charge in [0.1, 0.15) is 6.04 Å². The van der Waals surface area contributed by atoms with Crippen LogP contribution in [0.3, 0.4) is 0 Å². The van der Waals surface area contributed by atoms with E-state index in [1.54, 1.807) is 37.3 Å². The maximum Gasteiger partial charge on any atom is 0.243 e. The third-order valence-electron chi connectivity index (χ3n) is 5.59. The van der Waals surface area contributed by atoms with Crippen molar-refractivity contribution in [3.63, 3.8) is 0 Å². The van der Waals surface area contributed by atoms with Gasteiger partial charge in [-0.25, -0.2) is 8.42 Å².